The molecule has 2 rings (SSSR count). The highest BCUT2D eigenvalue weighted by Gasteiger charge is 2.31. The number of amides is 3. The summed E-state index contributed by atoms with van der Waals surface area (Å²) in [4.78, 5) is 77.5. The normalized spacial score (nSPS) is 17.0. The molecule has 1 fully saturated rings. The lowest BCUT2D eigenvalue weighted by molar-refractivity contribution is -0.894. The summed E-state index contributed by atoms with van der Waals surface area (Å²) in [6.07, 6.45) is 35.2. The maximum absolute atomic E-state index is 12.8. The number of hydrogen-bond acceptors (Lipinski definition) is 11. The number of quaternary nitrogens is 1. The predicted molar refractivity (Wildman–Crippen MR) is 278 cm³/mol. The van der Waals surface area contributed by atoms with Gasteiger partial charge in [-0.1, -0.05) is 168 Å². The third-order valence-corrected chi connectivity index (χ3v) is 14.8. The van der Waals surface area contributed by atoms with Crippen molar-refractivity contribution in [3.05, 3.63) is 12.2 Å². The molecule has 2 aliphatic rings. The highest BCUT2D eigenvalue weighted by Crippen LogP contribution is 2.38. The van der Waals surface area contributed by atoms with Crippen molar-refractivity contribution in [2.24, 2.45) is 11.8 Å². The molecule has 3 amide bonds. The average molecular weight is 1010 g/mol. The topological polar surface area (TPSA) is 182 Å². The summed E-state index contributed by atoms with van der Waals surface area (Å²) < 4.78 is 33.7. The molecule has 2 atom stereocenters. The van der Waals surface area contributed by atoms with E-state index in [1.807, 2.05) is 0 Å². The summed E-state index contributed by atoms with van der Waals surface area (Å²) in [6.45, 7) is 14.0. The molecule has 0 spiro atoms. The minimum Gasteiger partial charge on any atom is -0.756 e. The van der Waals surface area contributed by atoms with Gasteiger partial charge in [0.2, 0.25) is 5.91 Å². The third kappa shape index (κ3) is 35.5. The number of rotatable bonds is 44. The maximum Gasteiger partial charge on any atom is 0.306 e. The number of phosphoric ester groups is 1. The fraction of sp³-hybridized carbons (Fsp3) is 0.873. The highest BCUT2D eigenvalue weighted by molar-refractivity contribution is 7.45. The predicted octanol–water partition coefficient (Wildman–Crippen LogP) is 10.7. The summed E-state index contributed by atoms with van der Waals surface area (Å²) in [6, 6.07) is 0. The van der Waals surface area contributed by atoms with Crippen LogP contribution in [0.15, 0.2) is 12.2 Å². The van der Waals surface area contributed by atoms with Crippen LogP contribution < -0.4 is 15.1 Å². The number of carbonyl (C=O) groups is 5. The Morgan fingerprint density at radius 1 is 0.614 bits per heavy atom. The molecule has 0 aromatic carbocycles. The Hall–Kier alpha value is -2.64. The van der Waals surface area contributed by atoms with Crippen LogP contribution >= 0.6 is 7.82 Å². The average Bonchev–Trinajstić information content (AvgIpc) is 3.67. The molecule has 14 nitrogen and oxygen atoms in total. The van der Waals surface area contributed by atoms with E-state index in [1.54, 1.807) is 4.90 Å². The van der Waals surface area contributed by atoms with Crippen LogP contribution in [0, 0.1) is 11.8 Å². The van der Waals surface area contributed by atoms with Gasteiger partial charge in [0.1, 0.15) is 6.61 Å². The van der Waals surface area contributed by atoms with E-state index in [4.69, 9.17) is 18.5 Å². The Bertz CT molecular complexity index is 1410. The number of ether oxygens (including phenoxy) is 2. The standard InChI is InChI=1S/C49H87N2O11P.C6H15N/c1-3-5-7-9-11-13-15-17-19-21-23-25-27-29-47(54)59-40-44(62-48(55)30-28-26-24-22-20-18-16-14-12-10-8-6-4-2)41-61-63(57,58)60-38-37-50-49(56)43-33-31-42(32-34-43)39-51-45(52)35-36-46(51)53;1-4-7(5-2)6-3/h35-36,42-44H,3-34,37-41H2,1-2H3,(H,50,56)(H,57,58);4-6H2,1-3H3/t42?,43?,44-;/m1./s1. The Morgan fingerprint density at radius 2 is 1.03 bits per heavy atom. The third-order valence-electron chi connectivity index (χ3n) is 13.8. The summed E-state index contributed by atoms with van der Waals surface area (Å²) in [7, 11) is -4.86. The van der Waals surface area contributed by atoms with Gasteiger partial charge < -0.3 is 33.6 Å². The number of nitrogens with one attached hydrogen (secondary N) is 2. The van der Waals surface area contributed by atoms with Crippen molar-refractivity contribution in [1.29, 1.82) is 0 Å². The van der Waals surface area contributed by atoms with Crippen LogP contribution in [-0.2, 0) is 47.1 Å². The molecule has 70 heavy (non-hydrogen) atoms. The van der Waals surface area contributed by atoms with Crippen molar-refractivity contribution < 1.29 is 56.9 Å². The lowest BCUT2D eigenvalue weighted by Gasteiger charge is -2.30. The Labute approximate surface area is 425 Å². The zero-order chi connectivity index (χ0) is 51.5. The van der Waals surface area contributed by atoms with E-state index in [0.717, 1.165) is 38.5 Å². The molecule has 2 N–H and O–H groups in total. The fourth-order valence-electron chi connectivity index (χ4n) is 9.11. The molecule has 1 aliphatic carbocycles. The van der Waals surface area contributed by atoms with Crippen molar-refractivity contribution in [3.63, 3.8) is 0 Å². The zero-order valence-corrected chi connectivity index (χ0v) is 46.0. The van der Waals surface area contributed by atoms with Crippen LogP contribution in [0.1, 0.15) is 240 Å². The monoisotopic (exact) mass is 1010 g/mol. The molecule has 0 aromatic heterocycles. The van der Waals surface area contributed by atoms with Crippen molar-refractivity contribution >= 4 is 37.5 Å². The van der Waals surface area contributed by atoms with Crippen LogP contribution in [0.25, 0.3) is 0 Å². The SMILES string of the molecule is CCCCCCCCCCCCCCCC(=O)OC[C@H](COP(=O)([O-])OCCNC(=O)C1CCC(CN2C(=O)C=CC2=O)CC1)OC(=O)CCCCCCCCCCCCCCC.CC[NH+](CC)CC. The number of unbranched alkanes of at least 4 members (excludes halogenated alkanes) is 24. The van der Waals surface area contributed by atoms with E-state index < -0.39 is 32.5 Å². The lowest BCUT2D eigenvalue weighted by Crippen LogP contribution is -3.11. The van der Waals surface area contributed by atoms with E-state index in [9.17, 15) is 33.4 Å². The molecule has 15 heteroatoms. The molecule has 0 saturated heterocycles. The summed E-state index contributed by atoms with van der Waals surface area (Å²) in [5, 5.41) is 2.71. The summed E-state index contributed by atoms with van der Waals surface area (Å²) in [5.41, 5.74) is 0. The summed E-state index contributed by atoms with van der Waals surface area (Å²) in [5.74, 6) is -1.91. The Balaban J connectivity index is 0.00000323. The molecule has 1 heterocycles. The molecule has 408 valence electrons. The second-order valence-electron chi connectivity index (χ2n) is 19.8. The van der Waals surface area contributed by atoms with Gasteiger partial charge in [0.15, 0.2) is 6.10 Å². The fourth-order valence-corrected chi connectivity index (χ4v) is 9.85. The minimum absolute atomic E-state index is 0.0643. The minimum atomic E-state index is -4.86. The van der Waals surface area contributed by atoms with Crippen molar-refractivity contribution in [1.82, 2.24) is 10.2 Å². The number of phosphoric acid groups is 1. The second kappa shape index (κ2) is 43.9. The van der Waals surface area contributed by atoms with Crippen LogP contribution in [0.5, 0.6) is 0 Å². The van der Waals surface area contributed by atoms with Gasteiger partial charge in [-0.05, 0) is 65.2 Å². The van der Waals surface area contributed by atoms with Crippen LogP contribution in [-0.4, -0.2) is 93.2 Å². The largest absolute Gasteiger partial charge is 0.756 e. The van der Waals surface area contributed by atoms with Crippen molar-refractivity contribution in [3.8, 4) is 0 Å². The maximum atomic E-state index is 12.8. The first-order valence-corrected chi connectivity index (χ1v) is 29.9. The second-order valence-corrected chi connectivity index (χ2v) is 21.2. The Morgan fingerprint density at radius 3 is 1.44 bits per heavy atom. The number of nitrogens with zero attached hydrogens (tertiary/aromatic N) is 1. The molecule has 1 saturated carbocycles. The van der Waals surface area contributed by atoms with E-state index in [2.05, 4.69) is 39.9 Å². The lowest BCUT2D eigenvalue weighted by atomic mass is 9.81. The van der Waals surface area contributed by atoms with Gasteiger partial charge in [-0.25, -0.2) is 0 Å². The quantitative estimate of drug-likeness (QED) is 0.0256. The molecule has 0 aromatic rings. The molecule has 1 unspecified atom stereocenters. The highest BCUT2D eigenvalue weighted by atomic mass is 31.2. The summed E-state index contributed by atoms with van der Waals surface area (Å²) >= 11 is 0. The molecule has 1 aliphatic heterocycles. The van der Waals surface area contributed by atoms with Crippen LogP contribution in [0.2, 0.25) is 0 Å². The van der Waals surface area contributed by atoms with Gasteiger partial charge in [-0.15, -0.1) is 0 Å². The number of imide groups is 1. The molecular weight excluding hydrogens is 910 g/mol. The van der Waals surface area contributed by atoms with E-state index in [-0.39, 0.29) is 62.2 Å². The van der Waals surface area contributed by atoms with Gasteiger partial charge in [0.05, 0.1) is 32.8 Å². The number of hydrogen-bond donors (Lipinski definition) is 2. The van der Waals surface area contributed by atoms with Gasteiger partial charge in [0, 0.05) is 44.0 Å². The Kier molecular flexibility index (Phi) is 41.0. The van der Waals surface area contributed by atoms with Gasteiger partial charge in [-0.2, -0.15) is 0 Å². The first-order valence-electron chi connectivity index (χ1n) is 28.5. The van der Waals surface area contributed by atoms with E-state index >= 15 is 0 Å². The van der Waals surface area contributed by atoms with Gasteiger partial charge >= 0.3 is 11.9 Å². The molecule has 0 radical (unpaired) electrons. The smallest absolute Gasteiger partial charge is 0.306 e. The molecular formula is C55H102N3O11P. The van der Waals surface area contributed by atoms with Crippen LogP contribution in [0.4, 0.5) is 0 Å². The first-order chi connectivity index (χ1) is 33.9. The zero-order valence-electron chi connectivity index (χ0n) is 45.1. The first kappa shape index (κ1) is 65.4. The van der Waals surface area contributed by atoms with Gasteiger partial charge in [0.25, 0.3) is 19.6 Å². The molecule has 0 bridgehead atoms. The van der Waals surface area contributed by atoms with Crippen LogP contribution in [0.3, 0.4) is 0 Å². The van der Waals surface area contributed by atoms with Gasteiger partial charge in [-0.3, -0.25) is 33.4 Å². The van der Waals surface area contributed by atoms with Crippen molar-refractivity contribution in [2.45, 2.75) is 246 Å². The number of esters is 2. The van der Waals surface area contributed by atoms with Crippen molar-refractivity contribution in [2.75, 3.05) is 52.5 Å². The number of carbonyl (C=O) groups excluding carboxylic acids is 5. The van der Waals surface area contributed by atoms with E-state index in [1.165, 1.54) is 152 Å². The van der Waals surface area contributed by atoms with E-state index in [0.29, 0.717) is 45.1 Å².